The number of carbonyl (C=O) groups is 1. The van der Waals surface area contributed by atoms with Crippen molar-refractivity contribution < 1.29 is 9.18 Å². The number of nitrogen functional groups attached to an aromatic ring is 1. The molecular formula is C16H15FN2O. The summed E-state index contributed by atoms with van der Waals surface area (Å²) < 4.78 is 13.6. The van der Waals surface area contributed by atoms with Gasteiger partial charge in [0.1, 0.15) is 5.82 Å². The molecule has 3 N–H and O–H groups in total. The van der Waals surface area contributed by atoms with Crippen LogP contribution in [-0.2, 0) is 12.8 Å². The summed E-state index contributed by atoms with van der Waals surface area (Å²) in [6.07, 6.45) is 3.20. The number of halogens is 1. The molecule has 0 saturated heterocycles. The van der Waals surface area contributed by atoms with Crippen LogP contribution in [-0.4, -0.2) is 5.91 Å². The first-order chi connectivity index (χ1) is 9.63. The molecule has 2 aromatic rings. The van der Waals surface area contributed by atoms with Gasteiger partial charge in [0.05, 0.1) is 5.69 Å². The highest BCUT2D eigenvalue weighted by atomic mass is 19.1. The topological polar surface area (TPSA) is 55.1 Å². The minimum atomic E-state index is -0.492. The van der Waals surface area contributed by atoms with Gasteiger partial charge in [-0.25, -0.2) is 4.39 Å². The smallest absolute Gasteiger partial charge is 0.255 e. The molecule has 20 heavy (non-hydrogen) atoms. The van der Waals surface area contributed by atoms with E-state index in [1.54, 1.807) is 6.07 Å². The lowest BCUT2D eigenvalue weighted by atomic mass is 10.1. The summed E-state index contributed by atoms with van der Waals surface area (Å²) in [5.41, 5.74) is 9.18. The summed E-state index contributed by atoms with van der Waals surface area (Å²) >= 11 is 0. The quantitative estimate of drug-likeness (QED) is 0.824. The van der Waals surface area contributed by atoms with Crippen LogP contribution in [0.25, 0.3) is 0 Å². The molecule has 3 rings (SSSR count). The van der Waals surface area contributed by atoms with E-state index in [0.717, 1.165) is 19.3 Å². The molecule has 1 aliphatic carbocycles. The van der Waals surface area contributed by atoms with Crippen LogP contribution in [0.3, 0.4) is 0 Å². The van der Waals surface area contributed by atoms with Crippen LogP contribution < -0.4 is 11.1 Å². The number of aryl methyl sites for hydroxylation is 2. The van der Waals surface area contributed by atoms with Crippen molar-refractivity contribution in [3.63, 3.8) is 0 Å². The predicted molar refractivity (Wildman–Crippen MR) is 77.2 cm³/mol. The second-order valence-corrected chi connectivity index (χ2v) is 5.03. The lowest BCUT2D eigenvalue weighted by Gasteiger charge is -2.08. The normalized spacial score (nSPS) is 13.1. The lowest BCUT2D eigenvalue weighted by molar-refractivity contribution is 0.102. The van der Waals surface area contributed by atoms with Crippen molar-refractivity contribution in [2.75, 3.05) is 11.1 Å². The third-order valence-corrected chi connectivity index (χ3v) is 3.60. The second kappa shape index (κ2) is 4.96. The van der Waals surface area contributed by atoms with E-state index in [0.29, 0.717) is 11.3 Å². The van der Waals surface area contributed by atoms with Crippen molar-refractivity contribution in [2.24, 2.45) is 0 Å². The zero-order valence-electron chi connectivity index (χ0n) is 10.9. The molecule has 3 nitrogen and oxygen atoms in total. The van der Waals surface area contributed by atoms with Crippen molar-refractivity contribution in [2.45, 2.75) is 19.3 Å². The van der Waals surface area contributed by atoms with E-state index < -0.39 is 5.82 Å². The standard InChI is InChI=1S/C16H15FN2O/c17-14-7-6-13(18)9-15(14)19-16(20)12-5-4-10-2-1-3-11(10)8-12/h4-9H,1-3,18H2,(H,19,20). The van der Waals surface area contributed by atoms with Crippen LogP contribution in [0, 0.1) is 5.82 Å². The molecule has 0 aromatic heterocycles. The van der Waals surface area contributed by atoms with Crippen LogP contribution in [0.1, 0.15) is 27.9 Å². The number of hydrogen-bond donors (Lipinski definition) is 2. The number of hydrogen-bond acceptors (Lipinski definition) is 2. The molecule has 0 aliphatic heterocycles. The van der Waals surface area contributed by atoms with Crippen molar-refractivity contribution in [3.8, 4) is 0 Å². The Bertz CT molecular complexity index is 682. The summed E-state index contributed by atoms with van der Waals surface area (Å²) in [6, 6.07) is 9.77. The zero-order valence-corrected chi connectivity index (χ0v) is 10.9. The number of anilines is 2. The fourth-order valence-corrected chi connectivity index (χ4v) is 2.55. The molecule has 0 unspecified atom stereocenters. The van der Waals surface area contributed by atoms with E-state index in [4.69, 9.17) is 5.73 Å². The SMILES string of the molecule is Nc1ccc(F)c(NC(=O)c2ccc3c(c2)CCC3)c1. The molecule has 0 heterocycles. The Morgan fingerprint density at radius 2 is 1.90 bits per heavy atom. The minimum absolute atomic E-state index is 0.107. The van der Waals surface area contributed by atoms with E-state index in [9.17, 15) is 9.18 Å². The highest BCUT2D eigenvalue weighted by Gasteiger charge is 2.15. The summed E-state index contributed by atoms with van der Waals surface area (Å²) in [4.78, 5) is 12.2. The first-order valence-corrected chi connectivity index (χ1v) is 6.61. The maximum absolute atomic E-state index is 13.6. The molecular weight excluding hydrogens is 255 g/mol. The van der Waals surface area contributed by atoms with Gasteiger partial charge in [0, 0.05) is 11.3 Å². The Hall–Kier alpha value is -2.36. The summed E-state index contributed by atoms with van der Waals surface area (Å²) in [7, 11) is 0. The zero-order chi connectivity index (χ0) is 14.1. The molecule has 0 atom stereocenters. The Balaban J connectivity index is 1.84. The maximum Gasteiger partial charge on any atom is 0.255 e. The van der Waals surface area contributed by atoms with E-state index in [1.807, 2.05) is 12.1 Å². The van der Waals surface area contributed by atoms with Gasteiger partial charge in [-0.3, -0.25) is 4.79 Å². The van der Waals surface area contributed by atoms with Gasteiger partial charge in [0.25, 0.3) is 5.91 Å². The summed E-state index contributed by atoms with van der Waals surface area (Å²) in [6.45, 7) is 0. The van der Waals surface area contributed by atoms with Crippen molar-refractivity contribution >= 4 is 17.3 Å². The van der Waals surface area contributed by atoms with Gasteiger partial charge in [0.15, 0.2) is 0 Å². The molecule has 0 saturated carbocycles. The molecule has 1 amide bonds. The Kier molecular flexibility index (Phi) is 3.14. The molecule has 0 radical (unpaired) electrons. The average Bonchev–Trinajstić information content (AvgIpc) is 2.90. The summed E-state index contributed by atoms with van der Waals surface area (Å²) in [5, 5.41) is 2.56. The number of amides is 1. The molecule has 2 aromatic carbocycles. The average molecular weight is 270 g/mol. The molecule has 4 heteroatoms. The van der Waals surface area contributed by atoms with Gasteiger partial charge in [-0.2, -0.15) is 0 Å². The van der Waals surface area contributed by atoms with E-state index >= 15 is 0 Å². The first kappa shape index (κ1) is 12.7. The fourth-order valence-electron chi connectivity index (χ4n) is 2.55. The highest BCUT2D eigenvalue weighted by molar-refractivity contribution is 6.04. The fraction of sp³-hybridized carbons (Fsp3) is 0.188. The van der Waals surface area contributed by atoms with Crippen molar-refractivity contribution in [1.29, 1.82) is 0 Å². The van der Waals surface area contributed by atoms with E-state index in [-0.39, 0.29) is 11.6 Å². The van der Waals surface area contributed by atoms with Crippen LogP contribution in [0.5, 0.6) is 0 Å². The third-order valence-electron chi connectivity index (χ3n) is 3.60. The third kappa shape index (κ3) is 2.37. The van der Waals surface area contributed by atoms with Crippen LogP contribution in [0.4, 0.5) is 15.8 Å². The lowest BCUT2D eigenvalue weighted by Crippen LogP contribution is -2.13. The number of fused-ring (bicyclic) bond motifs is 1. The Labute approximate surface area is 116 Å². The van der Waals surface area contributed by atoms with Gasteiger partial charge < -0.3 is 11.1 Å². The van der Waals surface area contributed by atoms with Crippen molar-refractivity contribution in [1.82, 2.24) is 0 Å². The number of benzene rings is 2. The second-order valence-electron chi connectivity index (χ2n) is 5.03. The van der Waals surface area contributed by atoms with Crippen LogP contribution >= 0.6 is 0 Å². The molecule has 0 fully saturated rings. The summed E-state index contributed by atoms with van der Waals surface area (Å²) in [5.74, 6) is -0.807. The Morgan fingerprint density at radius 1 is 1.10 bits per heavy atom. The number of rotatable bonds is 2. The van der Waals surface area contributed by atoms with Crippen LogP contribution in [0.2, 0.25) is 0 Å². The first-order valence-electron chi connectivity index (χ1n) is 6.61. The number of nitrogens with one attached hydrogen (secondary N) is 1. The predicted octanol–water partition coefficient (Wildman–Crippen LogP) is 3.15. The highest BCUT2D eigenvalue weighted by Crippen LogP contribution is 2.24. The molecule has 1 aliphatic rings. The molecule has 0 spiro atoms. The van der Waals surface area contributed by atoms with Gasteiger partial charge in [-0.05, 0) is 60.7 Å². The van der Waals surface area contributed by atoms with E-state index in [2.05, 4.69) is 5.32 Å². The molecule has 102 valence electrons. The Morgan fingerprint density at radius 3 is 2.75 bits per heavy atom. The van der Waals surface area contributed by atoms with Gasteiger partial charge in [0.2, 0.25) is 0 Å². The minimum Gasteiger partial charge on any atom is -0.399 e. The number of nitrogens with two attached hydrogens (primary N) is 1. The number of carbonyl (C=O) groups excluding carboxylic acids is 1. The van der Waals surface area contributed by atoms with E-state index in [1.165, 1.54) is 29.3 Å². The largest absolute Gasteiger partial charge is 0.399 e. The van der Waals surface area contributed by atoms with Crippen LogP contribution in [0.15, 0.2) is 36.4 Å². The monoisotopic (exact) mass is 270 g/mol. The van der Waals surface area contributed by atoms with Gasteiger partial charge in [-0.1, -0.05) is 6.07 Å². The van der Waals surface area contributed by atoms with Crippen molar-refractivity contribution in [3.05, 3.63) is 58.9 Å². The van der Waals surface area contributed by atoms with Gasteiger partial charge >= 0.3 is 0 Å². The molecule has 0 bridgehead atoms. The maximum atomic E-state index is 13.6. The van der Waals surface area contributed by atoms with Gasteiger partial charge in [-0.15, -0.1) is 0 Å².